The van der Waals surface area contributed by atoms with Crippen molar-refractivity contribution in [2.45, 2.75) is 26.3 Å². The number of hydrogen-bond acceptors (Lipinski definition) is 8. The van der Waals surface area contributed by atoms with Gasteiger partial charge in [0.15, 0.2) is 5.65 Å². The van der Waals surface area contributed by atoms with Gasteiger partial charge in [0.1, 0.15) is 5.82 Å². The number of nitrogens with zero attached hydrogens (tertiary/aromatic N) is 7. The van der Waals surface area contributed by atoms with Gasteiger partial charge in [-0.1, -0.05) is 6.92 Å². The summed E-state index contributed by atoms with van der Waals surface area (Å²) < 4.78 is 6.87. The summed E-state index contributed by atoms with van der Waals surface area (Å²) in [5.74, 6) is 1.52. The largest absolute Gasteiger partial charge is 0.481 e. The predicted molar refractivity (Wildman–Crippen MR) is 118 cm³/mol. The van der Waals surface area contributed by atoms with Crippen molar-refractivity contribution in [2.75, 3.05) is 42.7 Å². The summed E-state index contributed by atoms with van der Waals surface area (Å²) in [6, 6.07) is 1.78. The van der Waals surface area contributed by atoms with E-state index in [1.54, 1.807) is 24.2 Å². The molecule has 0 saturated carbocycles. The lowest BCUT2D eigenvalue weighted by Crippen LogP contribution is -2.56. The normalized spacial score (nSPS) is 16.6. The molecule has 164 valence electrons. The first-order valence-corrected chi connectivity index (χ1v) is 10.2. The molecule has 3 aromatic heterocycles. The highest BCUT2D eigenvalue weighted by Gasteiger charge is 2.31. The number of carbonyl (C=O) groups is 1. The molecule has 0 aromatic carbocycles. The minimum Gasteiger partial charge on any atom is -0.481 e. The standard InChI is InChI=1S/C20H27N9O2/c1-5-14-11-28(20(30)24-13-8-12(2)18(31-4)22-9-13)6-7-29(14)17-15-10-23-27(3)16(15)25-19(21)26-17/h8-10,14H,5-7,11H2,1-4H3,(H,24,30)(H2,21,25,26)/t14-/m0/s1. The van der Waals surface area contributed by atoms with Crippen molar-refractivity contribution in [1.29, 1.82) is 0 Å². The number of ether oxygens (including phenoxy) is 1. The van der Waals surface area contributed by atoms with E-state index in [9.17, 15) is 4.79 Å². The van der Waals surface area contributed by atoms with Crippen LogP contribution in [0.2, 0.25) is 0 Å². The summed E-state index contributed by atoms with van der Waals surface area (Å²) in [5.41, 5.74) is 8.15. The quantitative estimate of drug-likeness (QED) is 0.648. The zero-order chi connectivity index (χ0) is 22.1. The SMILES string of the molecule is CC[C@H]1CN(C(=O)Nc2cnc(OC)c(C)c2)CCN1c1nc(N)nc2c1cnn2C. The number of carbonyl (C=O) groups excluding carboxylic acids is 1. The highest BCUT2D eigenvalue weighted by molar-refractivity contribution is 5.90. The summed E-state index contributed by atoms with van der Waals surface area (Å²) in [7, 11) is 3.40. The predicted octanol–water partition coefficient (Wildman–Crippen LogP) is 1.79. The molecule has 1 fully saturated rings. The molecule has 3 N–H and O–H groups in total. The van der Waals surface area contributed by atoms with E-state index >= 15 is 0 Å². The van der Waals surface area contributed by atoms with E-state index in [2.05, 4.69) is 37.2 Å². The number of hydrogen-bond donors (Lipinski definition) is 2. The van der Waals surface area contributed by atoms with Gasteiger partial charge in [-0.05, 0) is 19.4 Å². The fourth-order valence-electron chi connectivity index (χ4n) is 3.96. The molecular weight excluding hydrogens is 398 g/mol. The van der Waals surface area contributed by atoms with Crippen molar-refractivity contribution in [3.05, 3.63) is 24.0 Å². The van der Waals surface area contributed by atoms with Crippen molar-refractivity contribution in [3.63, 3.8) is 0 Å². The van der Waals surface area contributed by atoms with Crippen LogP contribution in [0.15, 0.2) is 18.5 Å². The fraction of sp³-hybridized carbons (Fsp3) is 0.450. The van der Waals surface area contributed by atoms with Crippen molar-refractivity contribution in [3.8, 4) is 5.88 Å². The van der Waals surface area contributed by atoms with Gasteiger partial charge in [0.25, 0.3) is 0 Å². The molecule has 2 amide bonds. The number of methoxy groups -OCH3 is 1. The van der Waals surface area contributed by atoms with E-state index < -0.39 is 0 Å². The van der Waals surface area contributed by atoms with Gasteiger partial charge in [0.05, 0.1) is 30.6 Å². The van der Waals surface area contributed by atoms with Crippen molar-refractivity contribution in [2.24, 2.45) is 7.05 Å². The Balaban J connectivity index is 1.51. The van der Waals surface area contributed by atoms with Gasteiger partial charge in [-0.25, -0.2) is 9.78 Å². The fourth-order valence-corrected chi connectivity index (χ4v) is 3.96. The van der Waals surface area contributed by atoms with E-state index in [1.807, 2.05) is 24.9 Å². The second kappa shape index (κ2) is 8.25. The summed E-state index contributed by atoms with van der Waals surface area (Å²) in [4.78, 5) is 29.9. The number of aromatic nitrogens is 5. The number of amides is 2. The first kappa shape index (κ1) is 20.6. The topological polar surface area (TPSA) is 127 Å². The van der Waals surface area contributed by atoms with Crippen LogP contribution in [0.4, 0.5) is 22.2 Å². The Morgan fingerprint density at radius 2 is 2.13 bits per heavy atom. The number of anilines is 3. The van der Waals surface area contributed by atoms with E-state index in [4.69, 9.17) is 10.5 Å². The Kier molecular flexibility index (Phi) is 5.49. The van der Waals surface area contributed by atoms with E-state index in [-0.39, 0.29) is 18.0 Å². The zero-order valence-electron chi connectivity index (χ0n) is 18.2. The average Bonchev–Trinajstić information content (AvgIpc) is 3.13. The number of nitrogens with two attached hydrogens (primary N) is 1. The van der Waals surface area contributed by atoms with Crippen LogP contribution in [-0.4, -0.2) is 68.4 Å². The van der Waals surface area contributed by atoms with Crippen LogP contribution in [0.1, 0.15) is 18.9 Å². The monoisotopic (exact) mass is 425 g/mol. The molecule has 0 radical (unpaired) electrons. The molecule has 0 aliphatic carbocycles. The Morgan fingerprint density at radius 3 is 2.84 bits per heavy atom. The van der Waals surface area contributed by atoms with Crippen LogP contribution in [0.25, 0.3) is 11.0 Å². The molecule has 4 heterocycles. The number of aryl methyl sites for hydroxylation is 2. The number of rotatable bonds is 4. The second-order valence-corrected chi connectivity index (χ2v) is 7.59. The van der Waals surface area contributed by atoms with Gasteiger partial charge in [-0.3, -0.25) is 4.68 Å². The zero-order valence-corrected chi connectivity index (χ0v) is 18.2. The van der Waals surface area contributed by atoms with Crippen LogP contribution in [0, 0.1) is 6.92 Å². The molecule has 0 spiro atoms. The number of fused-ring (bicyclic) bond motifs is 1. The maximum Gasteiger partial charge on any atom is 0.322 e. The van der Waals surface area contributed by atoms with Crippen LogP contribution in [-0.2, 0) is 7.05 Å². The number of piperazine rings is 1. The molecule has 31 heavy (non-hydrogen) atoms. The number of nitrogens with one attached hydrogen (secondary N) is 1. The van der Waals surface area contributed by atoms with Crippen molar-refractivity contribution in [1.82, 2.24) is 29.6 Å². The highest BCUT2D eigenvalue weighted by Crippen LogP contribution is 2.28. The van der Waals surface area contributed by atoms with Crippen LogP contribution < -0.4 is 20.7 Å². The third kappa shape index (κ3) is 3.90. The molecule has 11 heteroatoms. The average molecular weight is 425 g/mol. The van der Waals surface area contributed by atoms with Gasteiger partial charge in [0, 0.05) is 38.3 Å². The lowest BCUT2D eigenvalue weighted by molar-refractivity contribution is 0.197. The van der Waals surface area contributed by atoms with Crippen LogP contribution in [0.5, 0.6) is 5.88 Å². The van der Waals surface area contributed by atoms with E-state index in [0.29, 0.717) is 36.8 Å². The van der Waals surface area contributed by atoms with Crippen molar-refractivity contribution < 1.29 is 9.53 Å². The second-order valence-electron chi connectivity index (χ2n) is 7.59. The summed E-state index contributed by atoms with van der Waals surface area (Å²) in [5, 5.41) is 8.09. The summed E-state index contributed by atoms with van der Waals surface area (Å²) in [6.45, 7) is 5.74. The van der Waals surface area contributed by atoms with Gasteiger partial charge >= 0.3 is 6.03 Å². The van der Waals surface area contributed by atoms with Gasteiger partial charge < -0.3 is 25.6 Å². The lowest BCUT2D eigenvalue weighted by atomic mass is 10.1. The number of nitrogen functional groups attached to an aromatic ring is 1. The van der Waals surface area contributed by atoms with Gasteiger partial charge in [-0.2, -0.15) is 15.1 Å². The lowest BCUT2D eigenvalue weighted by Gasteiger charge is -2.41. The molecule has 1 saturated heterocycles. The van der Waals surface area contributed by atoms with E-state index in [1.165, 1.54) is 0 Å². The highest BCUT2D eigenvalue weighted by atomic mass is 16.5. The minimum atomic E-state index is -0.154. The number of urea groups is 1. The Bertz CT molecular complexity index is 1110. The van der Waals surface area contributed by atoms with E-state index in [0.717, 1.165) is 23.2 Å². The molecule has 3 aromatic rings. The van der Waals surface area contributed by atoms with Crippen LogP contribution in [0.3, 0.4) is 0 Å². The Labute approximate surface area is 180 Å². The molecule has 1 aliphatic heterocycles. The molecule has 0 unspecified atom stereocenters. The maximum absolute atomic E-state index is 12.9. The molecule has 1 atom stereocenters. The Morgan fingerprint density at radius 1 is 1.32 bits per heavy atom. The Hall–Kier alpha value is -3.63. The van der Waals surface area contributed by atoms with Gasteiger partial charge in [0.2, 0.25) is 11.8 Å². The molecule has 0 bridgehead atoms. The summed E-state index contributed by atoms with van der Waals surface area (Å²) in [6.07, 6.45) is 4.20. The first-order valence-electron chi connectivity index (χ1n) is 10.2. The molecule has 4 rings (SSSR count). The van der Waals surface area contributed by atoms with Crippen molar-refractivity contribution >= 4 is 34.5 Å². The number of pyridine rings is 1. The molecule has 11 nitrogen and oxygen atoms in total. The smallest absolute Gasteiger partial charge is 0.322 e. The van der Waals surface area contributed by atoms with Crippen LogP contribution >= 0.6 is 0 Å². The third-order valence-corrected chi connectivity index (χ3v) is 5.58. The summed E-state index contributed by atoms with van der Waals surface area (Å²) >= 11 is 0. The first-order chi connectivity index (χ1) is 14.9. The maximum atomic E-state index is 12.9. The third-order valence-electron chi connectivity index (χ3n) is 5.58. The molecular formula is C20H27N9O2. The van der Waals surface area contributed by atoms with Gasteiger partial charge in [-0.15, -0.1) is 0 Å². The minimum absolute atomic E-state index is 0.0907. The molecule has 1 aliphatic rings.